The van der Waals surface area contributed by atoms with Crippen LogP contribution in [0.15, 0.2) is 18.2 Å². The van der Waals surface area contributed by atoms with Crippen LogP contribution in [0.1, 0.15) is 32.3 Å². The molecular formula is C14H20N2O. The summed E-state index contributed by atoms with van der Waals surface area (Å²) in [7, 11) is 1.63. The highest BCUT2D eigenvalue weighted by molar-refractivity contribution is 5.60. The highest BCUT2D eigenvalue weighted by Gasteiger charge is 2.07. The molecule has 0 radical (unpaired) electrons. The molecule has 0 saturated carbocycles. The van der Waals surface area contributed by atoms with Crippen LogP contribution >= 0.6 is 0 Å². The van der Waals surface area contributed by atoms with Gasteiger partial charge in [0.05, 0.1) is 18.4 Å². The zero-order valence-corrected chi connectivity index (χ0v) is 10.8. The molecule has 0 atom stereocenters. The fraction of sp³-hybridized carbons (Fsp3) is 0.500. The topological polar surface area (TPSA) is 45.0 Å². The number of ether oxygens (including phenoxy) is 1. The number of hydrogen-bond acceptors (Lipinski definition) is 3. The number of anilines is 1. The molecule has 0 unspecified atom stereocenters. The summed E-state index contributed by atoms with van der Waals surface area (Å²) < 4.78 is 5.16. The Bertz CT molecular complexity index is 392. The Labute approximate surface area is 103 Å². The number of hydrogen-bond donors (Lipinski definition) is 1. The molecule has 0 fully saturated rings. The van der Waals surface area contributed by atoms with Crippen molar-refractivity contribution < 1.29 is 4.74 Å². The Kier molecular flexibility index (Phi) is 5.35. The molecule has 1 aromatic carbocycles. The van der Waals surface area contributed by atoms with Gasteiger partial charge in [-0.2, -0.15) is 5.26 Å². The third-order valence-corrected chi connectivity index (χ3v) is 3.08. The standard InChI is InChI=1S/C14H20N2O/c1-4-11(5-2)10-16-14-8-13(17-3)7-6-12(14)9-15/h6-8,11,16H,4-5,10H2,1-3H3. The van der Waals surface area contributed by atoms with Crippen LogP contribution in [0, 0.1) is 17.2 Å². The zero-order valence-electron chi connectivity index (χ0n) is 10.8. The lowest BCUT2D eigenvalue weighted by Crippen LogP contribution is -2.13. The Balaban J connectivity index is 2.78. The third-order valence-electron chi connectivity index (χ3n) is 3.08. The van der Waals surface area contributed by atoms with E-state index in [-0.39, 0.29) is 0 Å². The van der Waals surface area contributed by atoms with Gasteiger partial charge in [0.25, 0.3) is 0 Å². The monoisotopic (exact) mass is 232 g/mol. The van der Waals surface area contributed by atoms with Crippen molar-refractivity contribution in [3.05, 3.63) is 23.8 Å². The van der Waals surface area contributed by atoms with E-state index < -0.39 is 0 Å². The molecule has 0 amide bonds. The third kappa shape index (κ3) is 3.67. The highest BCUT2D eigenvalue weighted by atomic mass is 16.5. The van der Waals surface area contributed by atoms with Crippen molar-refractivity contribution in [1.29, 1.82) is 5.26 Å². The smallest absolute Gasteiger partial charge is 0.121 e. The highest BCUT2D eigenvalue weighted by Crippen LogP contribution is 2.22. The van der Waals surface area contributed by atoms with Crippen LogP contribution in [0.3, 0.4) is 0 Å². The van der Waals surface area contributed by atoms with E-state index in [2.05, 4.69) is 25.2 Å². The van der Waals surface area contributed by atoms with Crippen molar-refractivity contribution in [2.75, 3.05) is 19.0 Å². The van der Waals surface area contributed by atoms with Gasteiger partial charge in [0.2, 0.25) is 0 Å². The lowest BCUT2D eigenvalue weighted by Gasteiger charge is -2.15. The van der Waals surface area contributed by atoms with Crippen molar-refractivity contribution >= 4 is 5.69 Å². The number of methoxy groups -OCH3 is 1. The molecule has 0 aromatic heterocycles. The second-order valence-corrected chi connectivity index (χ2v) is 4.09. The van der Waals surface area contributed by atoms with E-state index >= 15 is 0 Å². The first-order valence-electron chi connectivity index (χ1n) is 6.07. The molecular weight excluding hydrogens is 212 g/mol. The van der Waals surface area contributed by atoms with E-state index in [0.29, 0.717) is 11.5 Å². The first-order valence-corrected chi connectivity index (χ1v) is 6.07. The number of nitriles is 1. The van der Waals surface area contributed by atoms with E-state index in [1.165, 1.54) is 0 Å². The molecule has 92 valence electrons. The summed E-state index contributed by atoms with van der Waals surface area (Å²) in [5, 5.41) is 12.4. The quantitative estimate of drug-likeness (QED) is 0.817. The summed E-state index contributed by atoms with van der Waals surface area (Å²) in [5.41, 5.74) is 1.52. The van der Waals surface area contributed by atoms with E-state index in [1.54, 1.807) is 19.2 Å². The van der Waals surface area contributed by atoms with Crippen molar-refractivity contribution in [3.63, 3.8) is 0 Å². The molecule has 0 saturated heterocycles. The molecule has 0 bridgehead atoms. The van der Waals surface area contributed by atoms with Crippen molar-refractivity contribution in [1.82, 2.24) is 0 Å². The van der Waals surface area contributed by atoms with Gasteiger partial charge in [0.1, 0.15) is 11.8 Å². The minimum absolute atomic E-state index is 0.646. The predicted molar refractivity (Wildman–Crippen MR) is 70.3 cm³/mol. The van der Waals surface area contributed by atoms with Crippen LogP contribution in [0.2, 0.25) is 0 Å². The molecule has 0 aliphatic heterocycles. The lowest BCUT2D eigenvalue weighted by atomic mass is 10.0. The fourth-order valence-corrected chi connectivity index (χ4v) is 1.73. The maximum Gasteiger partial charge on any atom is 0.121 e. The van der Waals surface area contributed by atoms with E-state index in [9.17, 15) is 0 Å². The second kappa shape index (κ2) is 6.80. The molecule has 3 heteroatoms. The average molecular weight is 232 g/mol. The SMILES string of the molecule is CCC(CC)CNc1cc(OC)ccc1C#N. The molecule has 1 N–H and O–H groups in total. The van der Waals surface area contributed by atoms with Crippen LogP contribution in [-0.4, -0.2) is 13.7 Å². The van der Waals surface area contributed by atoms with Gasteiger partial charge in [-0.3, -0.25) is 0 Å². The Morgan fingerprint density at radius 3 is 2.59 bits per heavy atom. The van der Waals surface area contributed by atoms with Crippen molar-refractivity contribution in [2.24, 2.45) is 5.92 Å². The Morgan fingerprint density at radius 2 is 2.06 bits per heavy atom. The minimum Gasteiger partial charge on any atom is -0.497 e. The van der Waals surface area contributed by atoms with Gasteiger partial charge in [-0.25, -0.2) is 0 Å². The minimum atomic E-state index is 0.646. The first kappa shape index (κ1) is 13.4. The molecule has 1 aromatic rings. The Morgan fingerprint density at radius 1 is 1.35 bits per heavy atom. The number of nitrogens with zero attached hydrogens (tertiary/aromatic N) is 1. The number of nitrogens with one attached hydrogen (secondary N) is 1. The van der Waals surface area contributed by atoms with Crippen LogP contribution < -0.4 is 10.1 Å². The van der Waals surface area contributed by atoms with Crippen molar-refractivity contribution in [3.8, 4) is 11.8 Å². The summed E-state index contributed by atoms with van der Waals surface area (Å²) in [4.78, 5) is 0. The fourth-order valence-electron chi connectivity index (χ4n) is 1.73. The predicted octanol–water partition coefficient (Wildman–Crippen LogP) is 3.41. The van der Waals surface area contributed by atoms with Gasteiger partial charge in [-0.15, -0.1) is 0 Å². The summed E-state index contributed by atoms with van der Waals surface area (Å²) in [6, 6.07) is 7.66. The molecule has 17 heavy (non-hydrogen) atoms. The molecule has 3 nitrogen and oxygen atoms in total. The molecule has 0 spiro atoms. The molecule has 0 aliphatic rings. The maximum atomic E-state index is 9.03. The van der Waals surface area contributed by atoms with Gasteiger partial charge in [-0.05, 0) is 18.1 Å². The largest absolute Gasteiger partial charge is 0.497 e. The van der Waals surface area contributed by atoms with E-state index in [4.69, 9.17) is 10.00 Å². The van der Waals surface area contributed by atoms with Gasteiger partial charge in [0, 0.05) is 12.6 Å². The van der Waals surface area contributed by atoms with Crippen molar-refractivity contribution in [2.45, 2.75) is 26.7 Å². The first-order chi connectivity index (χ1) is 8.24. The van der Waals surface area contributed by atoms with Gasteiger partial charge >= 0.3 is 0 Å². The van der Waals surface area contributed by atoms with Crippen LogP contribution in [0.25, 0.3) is 0 Å². The molecule has 0 heterocycles. The van der Waals surface area contributed by atoms with Gasteiger partial charge in [-0.1, -0.05) is 26.7 Å². The van der Waals surface area contributed by atoms with E-state index in [0.717, 1.165) is 30.8 Å². The molecule has 0 aliphatic carbocycles. The van der Waals surface area contributed by atoms with Crippen LogP contribution in [0.5, 0.6) is 5.75 Å². The second-order valence-electron chi connectivity index (χ2n) is 4.09. The van der Waals surface area contributed by atoms with Crippen LogP contribution in [-0.2, 0) is 0 Å². The maximum absolute atomic E-state index is 9.03. The lowest BCUT2D eigenvalue weighted by molar-refractivity contribution is 0.415. The number of rotatable bonds is 6. The summed E-state index contributed by atoms with van der Waals surface area (Å²) in [6.45, 7) is 5.27. The summed E-state index contributed by atoms with van der Waals surface area (Å²) >= 11 is 0. The Hall–Kier alpha value is -1.69. The number of benzene rings is 1. The summed E-state index contributed by atoms with van der Waals surface area (Å²) in [6.07, 6.45) is 2.30. The zero-order chi connectivity index (χ0) is 12.7. The van der Waals surface area contributed by atoms with E-state index in [1.807, 2.05) is 6.07 Å². The van der Waals surface area contributed by atoms with Gasteiger partial charge < -0.3 is 10.1 Å². The average Bonchev–Trinajstić information content (AvgIpc) is 2.39. The molecule has 1 rings (SSSR count). The van der Waals surface area contributed by atoms with Gasteiger partial charge in [0.15, 0.2) is 0 Å². The normalized spacial score (nSPS) is 10.1. The summed E-state index contributed by atoms with van der Waals surface area (Å²) in [5.74, 6) is 1.42. The van der Waals surface area contributed by atoms with Crippen LogP contribution in [0.4, 0.5) is 5.69 Å².